The molecule has 0 saturated carbocycles. The van der Waals surface area contributed by atoms with Gasteiger partial charge in [0.1, 0.15) is 0 Å². The van der Waals surface area contributed by atoms with Gasteiger partial charge in [0.05, 0.1) is 5.52 Å². The molecule has 1 aromatic carbocycles. The molecule has 3 nitrogen and oxygen atoms in total. The van der Waals surface area contributed by atoms with Gasteiger partial charge in [-0.05, 0) is 50.2 Å². The summed E-state index contributed by atoms with van der Waals surface area (Å²) in [4.78, 5) is 4.75. The van der Waals surface area contributed by atoms with E-state index in [1.165, 1.54) is 18.5 Å². The van der Waals surface area contributed by atoms with Crippen LogP contribution in [0.5, 0.6) is 0 Å². The van der Waals surface area contributed by atoms with Gasteiger partial charge in [-0.2, -0.15) is 0 Å². The normalized spacial score (nSPS) is 16.4. The molecule has 0 bridgehead atoms. The van der Waals surface area contributed by atoms with Crippen molar-refractivity contribution in [2.45, 2.75) is 18.8 Å². The van der Waals surface area contributed by atoms with E-state index in [0.717, 1.165) is 29.7 Å². The Morgan fingerprint density at radius 1 is 1.11 bits per heavy atom. The Kier molecular flexibility index (Phi) is 4.04. The summed E-state index contributed by atoms with van der Waals surface area (Å²) in [5, 5.41) is 4.44. The van der Waals surface area contributed by atoms with Crippen molar-refractivity contribution in [1.29, 1.82) is 0 Å². The molecule has 4 heteroatoms. The van der Waals surface area contributed by atoms with Crippen LogP contribution in [-0.2, 0) is 0 Å². The van der Waals surface area contributed by atoms with E-state index in [-0.39, 0.29) is 12.4 Å². The number of hydrogen-bond acceptors (Lipinski definition) is 3. The summed E-state index contributed by atoms with van der Waals surface area (Å²) in [7, 11) is 0. The van der Waals surface area contributed by atoms with Gasteiger partial charge in [0.25, 0.3) is 0 Å². The van der Waals surface area contributed by atoms with E-state index in [4.69, 9.17) is 10.7 Å². The highest BCUT2D eigenvalue weighted by atomic mass is 35.5. The predicted molar refractivity (Wildman–Crippen MR) is 78.2 cm³/mol. The standard InChI is InChI=1S/C14H17N3.ClH/c15-12-2-1-3-14-11(12)4-5-13(17-14)10-6-8-16-9-7-10;/h1-5,10,16H,6-9,15H2;1H. The smallest absolute Gasteiger partial charge is 0.0726 e. The molecule has 0 unspecified atom stereocenters. The Morgan fingerprint density at radius 2 is 1.89 bits per heavy atom. The molecule has 2 aromatic rings. The molecule has 1 aliphatic heterocycles. The highest BCUT2D eigenvalue weighted by Gasteiger charge is 2.16. The molecule has 2 heterocycles. The number of pyridine rings is 1. The minimum atomic E-state index is 0. The number of benzene rings is 1. The van der Waals surface area contributed by atoms with Gasteiger partial charge in [-0.1, -0.05) is 6.07 Å². The summed E-state index contributed by atoms with van der Waals surface area (Å²) in [6.45, 7) is 2.20. The first-order valence-corrected chi connectivity index (χ1v) is 6.20. The van der Waals surface area contributed by atoms with Crippen LogP contribution in [0.15, 0.2) is 30.3 Å². The molecule has 0 amide bonds. The first-order chi connectivity index (χ1) is 8.34. The molecular formula is C14H18ClN3. The molecule has 1 saturated heterocycles. The monoisotopic (exact) mass is 263 g/mol. The zero-order valence-electron chi connectivity index (χ0n) is 10.2. The third-order valence-electron chi connectivity index (χ3n) is 3.54. The van der Waals surface area contributed by atoms with E-state index in [9.17, 15) is 0 Å². The maximum absolute atomic E-state index is 5.93. The van der Waals surface area contributed by atoms with Gasteiger partial charge in [0.2, 0.25) is 0 Å². The summed E-state index contributed by atoms with van der Waals surface area (Å²) in [6, 6.07) is 10.2. The average Bonchev–Trinajstić information content (AvgIpc) is 2.40. The van der Waals surface area contributed by atoms with E-state index in [1.807, 2.05) is 18.2 Å². The topological polar surface area (TPSA) is 50.9 Å². The fourth-order valence-corrected chi connectivity index (χ4v) is 2.54. The number of rotatable bonds is 1. The molecular weight excluding hydrogens is 246 g/mol. The number of halogens is 1. The third kappa shape index (κ3) is 2.42. The molecule has 1 aliphatic rings. The molecule has 1 aromatic heterocycles. The van der Waals surface area contributed by atoms with E-state index < -0.39 is 0 Å². The van der Waals surface area contributed by atoms with Crippen molar-refractivity contribution >= 4 is 29.0 Å². The predicted octanol–water partition coefficient (Wildman–Crippen LogP) is 2.71. The van der Waals surface area contributed by atoms with Gasteiger partial charge in [0, 0.05) is 22.7 Å². The number of hydrogen-bond donors (Lipinski definition) is 2. The maximum atomic E-state index is 5.93. The quantitative estimate of drug-likeness (QED) is 0.778. The van der Waals surface area contributed by atoms with Crippen LogP contribution in [-0.4, -0.2) is 18.1 Å². The van der Waals surface area contributed by atoms with E-state index >= 15 is 0 Å². The zero-order chi connectivity index (χ0) is 11.7. The molecule has 18 heavy (non-hydrogen) atoms. The molecule has 3 N–H and O–H groups in total. The van der Waals surface area contributed by atoms with Crippen LogP contribution < -0.4 is 11.1 Å². The van der Waals surface area contributed by atoms with Crippen LogP contribution in [0, 0.1) is 0 Å². The van der Waals surface area contributed by atoms with Gasteiger partial charge >= 0.3 is 0 Å². The maximum Gasteiger partial charge on any atom is 0.0726 e. The lowest BCUT2D eigenvalue weighted by atomic mass is 9.93. The highest BCUT2D eigenvalue weighted by molar-refractivity contribution is 5.90. The number of nitrogens with two attached hydrogens (primary N) is 1. The average molecular weight is 264 g/mol. The minimum absolute atomic E-state index is 0. The van der Waals surface area contributed by atoms with Crippen molar-refractivity contribution in [2.24, 2.45) is 0 Å². The first-order valence-electron chi connectivity index (χ1n) is 6.20. The summed E-state index contributed by atoms with van der Waals surface area (Å²) >= 11 is 0. The van der Waals surface area contributed by atoms with Gasteiger partial charge < -0.3 is 11.1 Å². The molecule has 0 spiro atoms. The fourth-order valence-electron chi connectivity index (χ4n) is 2.54. The molecule has 0 atom stereocenters. The second-order valence-corrected chi connectivity index (χ2v) is 4.67. The van der Waals surface area contributed by atoms with Gasteiger partial charge in [-0.25, -0.2) is 0 Å². The molecule has 1 fully saturated rings. The molecule has 0 radical (unpaired) electrons. The van der Waals surface area contributed by atoms with Crippen molar-refractivity contribution in [3.63, 3.8) is 0 Å². The number of anilines is 1. The second kappa shape index (κ2) is 5.55. The van der Waals surface area contributed by atoms with E-state index in [0.29, 0.717) is 5.92 Å². The molecule has 96 valence electrons. The van der Waals surface area contributed by atoms with Crippen LogP contribution in [0.3, 0.4) is 0 Å². The summed E-state index contributed by atoms with van der Waals surface area (Å²) < 4.78 is 0. The first kappa shape index (κ1) is 13.1. The Labute approximate surface area is 113 Å². The second-order valence-electron chi connectivity index (χ2n) is 4.67. The minimum Gasteiger partial charge on any atom is -0.398 e. The Morgan fingerprint density at radius 3 is 2.67 bits per heavy atom. The zero-order valence-corrected chi connectivity index (χ0v) is 11.0. The van der Waals surface area contributed by atoms with Crippen LogP contribution >= 0.6 is 12.4 Å². The lowest BCUT2D eigenvalue weighted by Crippen LogP contribution is -2.27. The number of piperidine rings is 1. The fraction of sp³-hybridized carbons (Fsp3) is 0.357. The summed E-state index contributed by atoms with van der Waals surface area (Å²) in [5.74, 6) is 0.599. The van der Waals surface area contributed by atoms with Crippen molar-refractivity contribution in [2.75, 3.05) is 18.8 Å². The number of nitrogen functional groups attached to an aromatic ring is 1. The Hall–Kier alpha value is -1.32. The van der Waals surface area contributed by atoms with Crippen molar-refractivity contribution in [3.8, 4) is 0 Å². The summed E-state index contributed by atoms with van der Waals surface area (Å²) in [5.41, 5.74) is 8.97. The Bertz CT molecular complexity index is 536. The highest BCUT2D eigenvalue weighted by Crippen LogP contribution is 2.27. The number of fused-ring (bicyclic) bond motifs is 1. The van der Waals surface area contributed by atoms with Crippen molar-refractivity contribution in [1.82, 2.24) is 10.3 Å². The van der Waals surface area contributed by atoms with Crippen molar-refractivity contribution in [3.05, 3.63) is 36.0 Å². The molecule has 3 rings (SSSR count). The van der Waals surface area contributed by atoms with Gasteiger partial charge in [-0.3, -0.25) is 4.98 Å². The molecule has 0 aliphatic carbocycles. The van der Waals surface area contributed by atoms with Gasteiger partial charge in [0.15, 0.2) is 0 Å². The van der Waals surface area contributed by atoms with Crippen LogP contribution in [0.4, 0.5) is 5.69 Å². The third-order valence-corrected chi connectivity index (χ3v) is 3.54. The van der Waals surface area contributed by atoms with Gasteiger partial charge in [-0.15, -0.1) is 12.4 Å². The Balaban J connectivity index is 0.00000120. The van der Waals surface area contributed by atoms with E-state index in [1.54, 1.807) is 0 Å². The largest absolute Gasteiger partial charge is 0.398 e. The lowest BCUT2D eigenvalue weighted by Gasteiger charge is -2.22. The van der Waals surface area contributed by atoms with E-state index in [2.05, 4.69) is 17.4 Å². The van der Waals surface area contributed by atoms with Crippen LogP contribution in [0.2, 0.25) is 0 Å². The number of nitrogens with one attached hydrogen (secondary N) is 1. The number of aromatic nitrogens is 1. The van der Waals surface area contributed by atoms with Crippen molar-refractivity contribution < 1.29 is 0 Å². The number of nitrogens with zero attached hydrogens (tertiary/aromatic N) is 1. The summed E-state index contributed by atoms with van der Waals surface area (Å²) in [6.07, 6.45) is 2.36. The van der Waals surface area contributed by atoms with Crippen LogP contribution in [0.1, 0.15) is 24.5 Å². The SMILES string of the molecule is Cl.Nc1cccc2nc(C3CCNCC3)ccc12. The van der Waals surface area contributed by atoms with Crippen LogP contribution in [0.25, 0.3) is 10.9 Å². The lowest BCUT2D eigenvalue weighted by molar-refractivity contribution is 0.454.